The van der Waals surface area contributed by atoms with E-state index >= 15 is 0 Å². The first-order chi connectivity index (χ1) is 12.4. The van der Waals surface area contributed by atoms with Gasteiger partial charge in [0.25, 0.3) is 0 Å². The molecule has 1 aromatic rings. The smallest absolute Gasteiger partial charge is 0.338 e. The van der Waals surface area contributed by atoms with Crippen LogP contribution in [-0.4, -0.2) is 47.3 Å². The lowest BCUT2D eigenvalue weighted by Crippen LogP contribution is -2.43. The second-order valence-corrected chi connectivity index (χ2v) is 6.97. The lowest BCUT2D eigenvalue weighted by molar-refractivity contribution is -0.131. The normalized spacial score (nSPS) is 34.5. The number of benzene rings is 1. The van der Waals surface area contributed by atoms with Crippen molar-refractivity contribution >= 4 is 23.5 Å². The molecule has 3 aliphatic heterocycles. The standard InChI is InChI=1S/C19H19NO6/c1-3-25-17(24)11-4-6-12(7-5-11)20-15(22)13-14(16(20)23)19(10-21)9-8-18(13,2)26-19/h4-9,13-14,21H,3,10H2,1-2H3/t13-,14-,18+,19-/m0/s1. The predicted octanol–water partition coefficient (Wildman–Crippen LogP) is 1.06. The van der Waals surface area contributed by atoms with Crippen LogP contribution in [0.1, 0.15) is 24.2 Å². The van der Waals surface area contributed by atoms with Crippen molar-refractivity contribution in [1.82, 2.24) is 0 Å². The lowest BCUT2D eigenvalue weighted by atomic mass is 9.73. The maximum absolute atomic E-state index is 13.0. The fourth-order valence-electron chi connectivity index (χ4n) is 4.26. The van der Waals surface area contributed by atoms with Crippen molar-refractivity contribution in [3.8, 4) is 0 Å². The first-order valence-corrected chi connectivity index (χ1v) is 8.53. The number of nitrogens with zero attached hydrogens (tertiary/aromatic N) is 1. The van der Waals surface area contributed by atoms with Crippen LogP contribution < -0.4 is 4.90 Å². The largest absolute Gasteiger partial charge is 0.462 e. The number of imide groups is 1. The molecule has 2 fully saturated rings. The summed E-state index contributed by atoms with van der Waals surface area (Å²) in [7, 11) is 0. The molecule has 0 aliphatic carbocycles. The van der Waals surface area contributed by atoms with Crippen LogP contribution in [0, 0.1) is 11.8 Å². The number of hydrogen-bond donors (Lipinski definition) is 1. The molecule has 3 aliphatic rings. The highest BCUT2D eigenvalue weighted by atomic mass is 16.5. The minimum Gasteiger partial charge on any atom is -0.462 e. The van der Waals surface area contributed by atoms with E-state index < -0.39 is 34.9 Å². The predicted molar refractivity (Wildman–Crippen MR) is 90.3 cm³/mol. The van der Waals surface area contributed by atoms with Gasteiger partial charge in [0, 0.05) is 0 Å². The van der Waals surface area contributed by atoms with Crippen molar-refractivity contribution in [3.63, 3.8) is 0 Å². The molecule has 1 N–H and O–H groups in total. The molecule has 2 amide bonds. The zero-order chi connectivity index (χ0) is 18.7. The summed E-state index contributed by atoms with van der Waals surface area (Å²) in [5, 5.41) is 9.80. The molecule has 3 heterocycles. The fourth-order valence-corrected chi connectivity index (χ4v) is 4.26. The second-order valence-electron chi connectivity index (χ2n) is 6.97. The number of aliphatic hydroxyl groups is 1. The summed E-state index contributed by atoms with van der Waals surface area (Å²) >= 11 is 0. The Morgan fingerprint density at radius 1 is 1.19 bits per heavy atom. The Morgan fingerprint density at radius 2 is 1.85 bits per heavy atom. The third-order valence-electron chi connectivity index (χ3n) is 5.44. The number of anilines is 1. The Labute approximate surface area is 150 Å². The van der Waals surface area contributed by atoms with E-state index in [9.17, 15) is 19.5 Å². The van der Waals surface area contributed by atoms with Gasteiger partial charge in [-0.15, -0.1) is 0 Å². The van der Waals surface area contributed by atoms with Gasteiger partial charge in [-0.25, -0.2) is 9.69 Å². The highest BCUT2D eigenvalue weighted by Gasteiger charge is 2.72. The van der Waals surface area contributed by atoms with Crippen LogP contribution in [0.2, 0.25) is 0 Å². The highest BCUT2D eigenvalue weighted by Crippen LogP contribution is 2.57. The first kappa shape index (κ1) is 16.9. The molecular weight excluding hydrogens is 338 g/mol. The minimum absolute atomic E-state index is 0.266. The van der Waals surface area contributed by atoms with Gasteiger partial charge in [0.05, 0.1) is 41.9 Å². The number of amides is 2. The average molecular weight is 357 g/mol. The van der Waals surface area contributed by atoms with Crippen LogP contribution in [0.3, 0.4) is 0 Å². The summed E-state index contributed by atoms with van der Waals surface area (Å²) < 4.78 is 10.8. The van der Waals surface area contributed by atoms with E-state index in [1.54, 1.807) is 38.1 Å². The summed E-state index contributed by atoms with van der Waals surface area (Å²) in [6.07, 6.45) is 3.44. The summed E-state index contributed by atoms with van der Waals surface area (Å²) in [6, 6.07) is 6.14. The Balaban J connectivity index is 1.67. The van der Waals surface area contributed by atoms with Gasteiger partial charge >= 0.3 is 5.97 Å². The van der Waals surface area contributed by atoms with E-state index in [2.05, 4.69) is 0 Å². The fraction of sp³-hybridized carbons (Fsp3) is 0.421. The summed E-state index contributed by atoms with van der Waals surface area (Å²) in [4.78, 5) is 38.9. The molecule has 0 saturated carbocycles. The molecule has 0 aromatic heterocycles. The summed E-state index contributed by atoms with van der Waals surface area (Å²) in [5.41, 5.74) is -1.32. The molecular formula is C19H19NO6. The number of rotatable bonds is 4. The Kier molecular flexibility index (Phi) is 3.58. The van der Waals surface area contributed by atoms with Gasteiger partial charge in [-0.2, -0.15) is 0 Å². The van der Waals surface area contributed by atoms with Crippen molar-refractivity contribution in [2.75, 3.05) is 18.1 Å². The van der Waals surface area contributed by atoms with Crippen LogP contribution in [0.5, 0.6) is 0 Å². The molecule has 7 heteroatoms. The number of esters is 1. The van der Waals surface area contributed by atoms with E-state index in [1.807, 2.05) is 0 Å². The highest BCUT2D eigenvalue weighted by molar-refractivity contribution is 6.23. The minimum atomic E-state index is -1.15. The van der Waals surface area contributed by atoms with E-state index in [-0.39, 0.29) is 19.1 Å². The van der Waals surface area contributed by atoms with Crippen molar-refractivity contribution in [3.05, 3.63) is 42.0 Å². The molecule has 26 heavy (non-hydrogen) atoms. The van der Waals surface area contributed by atoms with Gasteiger partial charge in [0.1, 0.15) is 5.60 Å². The SMILES string of the molecule is CCOC(=O)c1ccc(N2C(=O)[C@@H]3[C@@H](C2=O)[C@@]2(CO)C=C[C@@]3(C)O2)cc1. The molecule has 0 unspecified atom stereocenters. The average Bonchev–Trinajstić information content (AvgIpc) is 3.21. The number of fused-ring (bicyclic) bond motifs is 5. The number of carbonyl (C=O) groups excluding carboxylic acids is 3. The maximum atomic E-state index is 13.0. The number of hydrogen-bond acceptors (Lipinski definition) is 6. The monoisotopic (exact) mass is 357 g/mol. The third kappa shape index (κ3) is 2.04. The van der Waals surface area contributed by atoms with Crippen LogP contribution in [0.25, 0.3) is 0 Å². The van der Waals surface area contributed by atoms with Crippen molar-refractivity contribution in [2.45, 2.75) is 25.0 Å². The maximum Gasteiger partial charge on any atom is 0.338 e. The molecule has 4 atom stereocenters. The van der Waals surface area contributed by atoms with Crippen LogP contribution in [0.4, 0.5) is 5.69 Å². The topological polar surface area (TPSA) is 93.1 Å². The molecule has 136 valence electrons. The van der Waals surface area contributed by atoms with E-state index in [1.165, 1.54) is 12.1 Å². The van der Waals surface area contributed by atoms with Gasteiger partial charge in [-0.3, -0.25) is 9.59 Å². The van der Waals surface area contributed by atoms with E-state index in [4.69, 9.17) is 9.47 Å². The molecule has 4 rings (SSSR count). The third-order valence-corrected chi connectivity index (χ3v) is 5.44. The Bertz CT molecular complexity index is 831. The lowest BCUT2D eigenvalue weighted by Gasteiger charge is -2.27. The van der Waals surface area contributed by atoms with Gasteiger partial charge < -0.3 is 14.6 Å². The zero-order valence-electron chi connectivity index (χ0n) is 14.5. The van der Waals surface area contributed by atoms with Crippen LogP contribution in [0.15, 0.2) is 36.4 Å². The molecule has 2 saturated heterocycles. The molecule has 0 spiro atoms. The van der Waals surface area contributed by atoms with Gasteiger partial charge in [0.2, 0.25) is 11.8 Å². The number of carbonyl (C=O) groups is 3. The van der Waals surface area contributed by atoms with Gasteiger partial charge in [-0.1, -0.05) is 12.2 Å². The Hall–Kier alpha value is -2.51. The van der Waals surface area contributed by atoms with Gasteiger partial charge in [0.15, 0.2) is 0 Å². The van der Waals surface area contributed by atoms with Crippen LogP contribution in [-0.2, 0) is 19.1 Å². The Morgan fingerprint density at radius 3 is 2.46 bits per heavy atom. The van der Waals surface area contributed by atoms with Crippen LogP contribution >= 0.6 is 0 Å². The van der Waals surface area contributed by atoms with Gasteiger partial charge in [-0.05, 0) is 38.1 Å². The van der Waals surface area contributed by atoms with Crippen molar-refractivity contribution in [1.29, 1.82) is 0 Å². The molecule has 7 nitrogen and oxygen atoms in total. The summed E-state index contributed by atoms with van der Waals surface area (Å²) in [5.74, 6) is -2.63. The summed E-state index contributed by atoms with van der Waals surface area (Å²) in [6.45, 7) is 3.37. The van der Waals surface area contributed by atoms with E-state index in [0.29, 0.717) is 11.3 Å². The number of aliphatic hydroxyl groups excluding tert-OH is 1. The van der Waals surface area contributed by atoms with E-state index in [0.717, 1.165) is 4.90 Å². The molecule has 0 radical (unpaired) electrons. The quantitative estimate of drug-likeness (QED) is 0.492. The molecule has 1 aromatic carbocycles. The molecule has 2 bridgehead atoms. The number of ether oxygens (including phenoxy) is 2. The second kappa shape index (κ2) is 5.49. The van der Waals surface area contributed by atoms with Crippen molar-refractivity contribution in [2.24, 2.45) is 11.8 Å². The van der Waals surface area contributed by atoms with Crippen molar-refractivity contribution < 1.29 is 29.0 Å². The first-order valence-electron chi connectivity index (χ1n) is 8.53. The zero-order valence-corrected chi connectivity index (χ0v) is 14.5.